The van der Waals surface area contributed by atoms with E-state index in [2.05, 4.69) is 4.72 Å². The number of rotatable bonds is 8. The molecular weight excluding hydrogens is 357 g/mol. The van der Waals surface area contributed by atoms with Crippen LogP contribution in [0, 0.1) is 0 Å². The summed E-state index contributed by atoms with van der Waals surface area (Å²) in [5.74, 6) is -0.361. The van der Waals surface area contributed by atoms with Crippen molar-refractivity contribution in [2.45, 2.75) is 17.7 Å². The molecule has 1 aromatic rings. The van der Waals surface area contributed by atoms with Crippen molar-refractivity contribution in [3.05, 3.63) is 27.7 Å². The van der Waals surface area contributed by atoms with Gasteiger partial charge in [-0.15, -0.1) is 0 Å². The number of halogens is 2. The van der Waals surface area contributed by atoms with Crippen LogP contribution in [0.4, 0.5) is 0 Å². The molecule has 9 heteroatoms. The number of thioether (sulfide) groups is 1. The molecule has 2 N–H and O–H groups in total. The second-order valence-corrected chi connectivity index (χ2v) is 7.70. The van der Waals surface area contributed by atoms with Crippen LogP contribution in [0.1, 0.15) is 23.2 Å². The first-order valence-electron chi connectivity index (χ1n) is 6.00. The molecule has 0 saturated carbocycles. The van der Waals surface area contributed by atoms with Crippen LogP contribution in [-0.2, 0) is 10.0 Å². The average molecular weight is 372 g/mol. The SMILES string of the molecule is CSCCCCNS(=O)(=O)c1cc(C(=O)O)c(Cl)cc1Cl. The largest absolute Gasteiger partial charge is 0.478 e. The lowest BCUT2D eigenvalue weighted by molar-refractivity contribution is 0.0697. The summed E-state index contributed by atoms with van der Waals surface area (Å²) in [4.78, 5) is 10.7. The van der Waals surface area contributed by atoms with Gasteiger partial charge in [0, 0.05) is 6.54 Å². The maximum atomic E-state index is 12.1. The number of nitrogens with one attached hydrogen (secondary N) is 1. The maximum absolute atomic E-state index is 12.1. The smallest absolute Gasteiger partial charge is 0.337 e. The molecule has 0 radical (unpaired) electrons. The van der Waals surface area contributed by atoms with Crippen LogP contribution in [0.15, 0.2) is 17.0 Å². The molecule has 0 amide bonds. The Morgan fingerprint density at radius 2 is 1.95 bits per heavy atom. The van der Waals surface area contributed by atoms with E-state index in [0.717, 1.165) is 24.3 Å². The number of carboxylic acid groups (broad SMARTS) is 1. The van der Waals surface area contributed by atoms with E-state index in [9.17, 15) is 13.2 Å². The van der Waals surface area contributed by atoms with E-state index in [1.807, 2.05) is 6.26 Å². The molecule has 21 heavy (non-hydrogen) atoms. The highest BCUT2D eigenvalue weighted by molar-refractivity contribution is 7.98. The van der Waals surface area contributed by atoms with Gasteiger partial charge in [0.1, 0.15) is 4.90 Å². The molecule has 0 spiro atoms. The van der Waals surface area contributed by atoms with Crippen LogP contribution < -0.4 is 4.72 Å². The van der Waals surface area contributed by atoms with Crippen LogP contribution in [0.25, 0.3) is 0 Å². The lowest BCUT2D eigenvalue weighted by Crippen LogP contribution is -2.25. The standard InChI is InChI=1S/C12H15Cl2NO4S2/c1-20-5-3-2-4-15-21(18,19)11-6-8(12(16)17)9(13)7-10(11)14/h6-7,15H,2-5H2,1H3,(H,16,17). The number of carboxylic acids is 1. The summed E-state index contributed by atoms with van der Waals surface area (Å²) in [6.07, 6.45) is 3.56. The van der Waals surface area contributed by atoms with Crippen LogP contribution in [0.2, 0.25) is 10.0 Å². The highest BCUT2D eigenvalue weighted by atomic mass is 35.5. The van der Waals surface area contributed by atoms with Gasteiger partial charge >= 0.3 is 5.97 Å². The molecule has 0 saturated heterocycles. The molecule has 118 valence electrons. The van der Waals surface area contributed by atoms with E-state index >= 15 is 0 Å². The maximum Gasteiger partial charge on any atom is 0.337 e. The minimum Gasteiger partial charge on any atom is -0.478 e. The molecule has 1 rings (SSSR count). The van der Waals surface area contributed by atoms with Gasteiger partial charge in [0.05, 0.1) is 15.6 Å². The molecule has 0 aromatic heterocycles. The topological polar surface area (TPSA) is 83.5 Å². The van der Waals surface area contributed by atoms with Crippen molar-refractivity contribution >= 4 is 51.0 Å². The first-order valence-corrected chi connectivity index (χ1v) is 9.64. The highest BCUT2D eigenvalue weighted by Gasteiger charge is 2.22. The Labute approximate surface area is 138 Å². The second-order valence-electron chi connectivity index (χ2n) is 4.17. The van der Waals surface area contributed by atoms with E-state index in [1.54, 1.807) is 11.8 Å². The monoisotopic (exact) mass is 371 g/mol. The van der Waals surface area contributed by atoms with Crippen molar-refractivity contribution in [3.63, 3.8) is 0 Å². The third-order valence-corrected chi connectivity index (χ3v) is 5.54. The molecule has 0 unspecified atom stereocenters. The van der Waals surface area contributed by atoms with Gasteiger partial charge in [0.2, 0.25) is 10.0 Å². The normalized spacial score (nSPS) is 11.6. The summed E-state index contributed by atoms with van der Waals surface area (Å²) in [5, 5.41) is 8.76. The Balaban J connectivity index is 2.92. The Morgan fingerprint density at radius 1 is 1.29 bits per heavy atom. The minimum atomic E-state index is -3.86. The van der Waals surface area contributed by atoms with Crippen LogP contribution in [0.5, 0.6) is 0 Å². The van der Waals surface area contributed by atoms with E-state index < -0.39 is 16.0 Å². The van der Waals surface area contributed by atoms with Crippen molar-refractivity contribution in [2.24, 2.45) is 0 Å². The predicted molar refractivity (Wildman–Crippen MR) is 86.2 cm³/mol. The Hall–Kier alpha value is -0.470. The summed E-state index contributed by atoms with van der Waals surface area (Å²) < 4.78 is 26.7. The van der Waals surface area contributed by atoms with Crippen molar-refractivity contribution in [3.8, 4) is 0 Å². The molecule has 0 aliphatic heterocycles. The number of sulfonamides is 1. The third kappa shape index (κ3) is 5.34. The fraction of sp³-hybridized carbons (Fsp3) is 0.417. The van der Waals surface area contributed by atoms with Gasteiger partial charge in [-0.1, -0.05) is 23.2 Å². The number of benzene rings is 1. The Kier molecular flexibility index (Phi) is 7.29. The number of carbonyl (C=O) groups is 1. The molecular formula is C12H15Cl2NO4S2. The van der Waals surface area contributed by atoms with Gasteiger partial charge in [0.25, 0.3) is 0 Å². The van der Waals surface area contributed by atoms with Crippen molar-refractivity contribution in [1.82, 2.24) is 4.72 Å². The van der Waals surface area contributed by atoms with Crippen LogP contribution in [-0.4, -0.2) is 38.0 Å². The van der Waals surface area contributed by atoms with Crippen molar-refractivity contribution in [1.29, 1.82) is 0 Å². The summed E-state index contributed by atoms with van der Waals surface area (Å²) >= 11 is 13.3. The number of hydrogen-bond acceptors (Lipinski definition) is 4. The summed E-state index contributed by atoms with van der Waals surface area (Å²) in [6, 6.07) is 2.09. The zero-order valence-corrected chi connectivity index (χ0v) is 14.4. The van der Waals surface area contributed by atoms with Crippen molar-refractivity contribution in [2.75, 3.05) is 18.6 Å². The van der Waals surface area contributed by atoms with Crippen LogP contribution >= 0.6 is 35.0 Å². The third-order valence-electron chi connectivity index (χ3n) is 2.61. The fourth-order valence-electron chi connectivity index (χ4n) is 1.55. The van der Waals surface area contributed by atoms with Gasteiger partial charge in [-0.3, -0.25) is 0 Å². The Bertz CT molecular complexity index is 620. The first kappa shape index (κ1) is 18.6. The van der Waals surface area contributed by atoms with Gasteiger partial charge in [-0.2, -0.15) is 11.8 Å². The lowest BCUT2D eigenvalue weighted by Gasteiger charge is -2.10. The summed E-state index contributed by atoms with van der Waals surface area (Å²) in [6.45, 7) is 0.268. The number of aromatic carboxylic acids is 1. The first-order chi connectivity index (χ1) is 9.79. The van der Waals surface area contributed by atoms with E-state index in [0.29, 0.717) is 6.42 Å². The van der Waals surface area contributed by atoms with E-state index in [-0.39, 0.29) is 27.0 Å². The summed E-state index contributed by atoms with van der Waals surface area (Å²) in [5.41, 5.74) is -0.302. The van der Waals surface area contributed by atoms with Crippen molar-refractivity contribution < 1.29 is 18.3 Å². The molecule has 5 nitrogen and oxygen atoms in total. The number of hydrogen-bond donors (Lipinski definition) is 2. The van der Waals surface area contributed by atoms with Crippen LogP contribution in [0.3, 0.4) is 0 Å². The highest BCUT2D eigenvalue weighted by Crippen LogP contribution is 2.28. The van der Waals surface area contributed by atoms with E-state index in [1.165, 1.54) is 0 Å². The van der Waals surface area contributed by atoms with Gasteiger partial charge < -0.3 is 5.11 Å². The van der Waals surface area contributed by atoms with Gasteiger partial charge in [-0.05, 0) is 37.0 Å². The Morgan fingerprint density at radius 3 is 2.52 bits per heavy atom. The molecule has 0 aliphatic rings. The quantitative estimate of drug-likeness (QED) is 0.685. The average Bonchev–Trinajstić information content (AvgIpc) is 2.37. The molecule has 0 bridgehead atoms. The molecule has 1 aromatic carbocycles. The van der Waals surface area contributed by atoms with Gasteiger partial charge in [0.15, 0.2) is 0 Å². The second kappa shape index (κ2) is 8.24. The summed E-state index contributed by atoms with van der Waals surface area (Å²) in [7, 11) is -3.86. The molecule has 0 aliphatic carbocycles. The zero-order valence-electron chi connectivity index (χ0n) is 11.2. The molecule has 0 heterocycles. The zero-order chi connectivity index (χ0) is 16.0. The lowest BCUT2D eigenvalue weighted by atomic mass is 10.2. The number of unbranched alkanes of at least 4 members (excludes halogenated alkanes) is 1. The van der Waals surface area contributed by atoms with Gasteiger partial charge in [-0.25, -0.2) is 17.9 Å². The fourth-order valence-corrected chi connectivity index (χ4v) is 3.97. The molecule has 0 atom stereocenters. The molecule has 0 fully saturated rings. The van der Waals surface area contributed by atoms with E-state index in [4.69, 9.17) is 28.3 Å². The predicted octanol–water partition coefficient (Wildman–Crippen LogP) is 3.11. The minimum absolute atomic E-state index is 0.105.